The lowest BCUT2D eigenvalue weighted by atomic mass is 9.76. The van der Waals surface area contributed by atoms with Gasteiger partial charge in [-0.25, -0.2) is 0 Å². The van der Waals surface area contributed by atoms with Gasteiger partial charge in [0.15, 0.2) is 0 Å². The Morgan fingerprint density at radius 3 is 2.32 bits per heavy atom. The van der Waals surface area contributed by atoms with Crippen molar-refractivity contribution < 1.29 is 0 Å². The maximum absolute atomic E-state index is 3.89. The third-order valence-corrected chi connectivity index (χ3v) is 4.75. The number of aryl methyl sites for hydroxylation is 1. The van der Waals surface area contributed by atoms with Crippen LogP contribution < -0.4 is 5.32 Å². The van der Waals surface area contributed by atoms with Crippen LogP contribution in [0.2, 0.25) is 0 Å². The summed E-state index contributed by atoms with van der Waals surface area (Å²) in [4.78, 5) is 0. The Kier molecular flexibility index (Phi) is 6.05. The molecule has 1 aliphatic carbocycles. The van der Waals surface area contributed by atoms with E-state index < -0.39 is 0 Å². The molecule has 1 fully saturated rings. The van der Waals surface area contributed by atoms with E-state index in [1.165, 1.54) is 48.8 Å². The summed E-state index contributed by atoms with van der Waals surface area (Å²) in [5, 5.41) is 3.89. The summed E-state index contributed by atoms with van der Waals surface area (Å²) in [6, 6.07) is 19.8. The second-order valence-corrected chi connectivity index (χ2v) is 6.35. The minimum atomic E-state index is 0. The Hall–Kier alpha value is -1.31. The van der Waals surface area contributed by atoms with E-state index in [0.29, 0.717) is 0 Å². The zero-order valence-electron chi connectivity index (χ0n) is 13.3. The molecule has 0 bridgehead atoms. The monoisotopic (exact) mass is 315 g/mol. The average molecular weight is 316 g/mol. The predicted octanol–water partition coefficient (Wildman–Crippen LogP) is 5.37. The van der Waals surface area contributed by atoms with Gasteiger partial charge in [0.1, 0.15) is 0 Å². The first kappa shape index (κ1) is 17.1. The van der Waals surface area contributed by atoms with E-state index >= 15 is 0 Å². The topological polar surface area (TPSA) is 12.0 Å². The molecule has 0 saturated heterocycles. The van der Waals surface area contributed by atoms with E-state index in [9.17, 15) is 0 Å². The maximum atomic E-state index is 3.89. The molecule has 0 amide bonds. The van der Waals surface area contributed by atoms with Gasteiger partial charge in [-0.3, -0.25) is 0 Å². The highest BCUT2D eigenvalue weighted by molar-refractivity contribution is 5.85. The lowest BCUT2D eigenvalue weighted by Crippen LogP contribution is -2.43. The van der Waals surface area contributed by atoms with Gasteiger partial charge in [0, 0.05) is 12.1 Å². The SMILES string of the molecule is Cc1cccc(C2(NCc3ccccc3)CCCCC2)c1.Cl. The highest BCUT2D eigenvalue weighted by Gasteiger charge is 2.33. The molecule has 118 valence electrons. The predicted molar refractivity (Wildman–Crippen MR) is 96.5 cm³/mol. The molecular weight excluding hydrogens is 290 g/mol. The number of halogens is 1. The van der Waals surface area contributed by atoms with Crippen LogP contribution in [0.3, 0.4) is 0 Å². The van der Waals surface area contributed by atoms with Gasteiger partial charge < -0.3 is 5.32 Å². The number of hydrogen-bond donors (Lipinski definition) is 1. The van der Waals surface area contributed by atoms with Crippen LogP contribution in [0.15, 0.2) is 54.6 Å². The normalized spacial score (nSPS) is 16.8. The Labute approximate surface area is 140 Å². The van der Waals surface area contributed by atoms with Crippen molar-refractivity contribution in [2.45, 2.75) is 51.1 Å². The van der Waals surface area contributed by atoms with Crippen molar-refractivity contribution in [3.8, 4) is 0 Å². The largest absolute Gasteiger partial charge is 0.303 e. The highest BCUT2D eigenvalue weighted by atomic mass is 35.5. The Bertz CT molecular complexity index is 573. The number of nitrogens with one attached hydrogen (secondary N) is 1. The zero-order valence-corrected chi connectivity index (χ0v) is 14.2. The second kappa shape index (κ2) is 7.80. The summed E-state index contributed by atoms with van der Waals surface area (Å²) in [5.41, 5.74) is 4.37. The fourth-order valence-corrected chi connectivity index (χ4v) is 3.53. The smallest absolute Gasteiger partial charge is 0.0437 e. The van der Waals surface area contributed by atoms with E-state index in [2.05, 4.69) is 66.8 Å². The molecule has 22 heavy (non-hydrogen) atoms. The third-order valence-electron chi connectivity index (χ3n) is 4.75. The van der Waals surface area contributed by atoms with Crippen molar-refractivity contribution in [1.29, 1.82) is 0 Å². The van der Waals surface area contributed by atoms with Crippen LogP contribution in [0.4, 0.5) is 0 Å². The van der Waals surface area contributed by atoms with Crippen LogP contribution >= 0.6 is 12.4 Å². The van der Waals surface area contributed by atoms with Gasteiger partial charge in [-0.15, -0.1) is 12.4 Å². The van der Waals surface area contributed by atoms with E-state index in [0.717, 1.165) is 6.54 Å². The fourth-order valence-electron chi connectivity index (χ4n) is 3.53. The molecule has 0 radical (unpaired) electrons. The summed E-state index contributed by atoms with van der Waals surface area (Å²) in [6.45, 7) is 3.14. The van der Waals surface area contributed by atoms with Crippen molar-refractivity contribution in [1.82, 2.24) is 5.32 Å². The average Bonchev–Trinajstić information content (AvgIpc) is 2.55. The number of benzene rings is 2. The van der Waals surface area contributed by atoms with E-state index in [-0.39, 0.29) is 17.9 Å². The summed E-state index contributed by atoms with van der Waals surface area (Å²) >= 11 is 0. The van der Waals surface area contributed by atoms with Gasteiger partial charge in [-0.05, 0) is 30.9 Å². The minimum Gasteiger partial charge on any atom is -0.303 e. The highest BCUT2D eigenvalue weighted by Crippen LogP contribution is 2.37. The Morgan fingerprint density at radius 1 is 0.909 bits per heavy atom. The first-order valence-corrected chi connectivity index (χ1v) is 8.15. The van der Waals surface area contributed by atoms with Gasteiger partial charge in [0.05, 0.1) is 0 Å². The van der Waals surface area contributed by atoms with E-state index in [1.807, 2.05) is 0 Å². The molecule has 0 unspecified atom stereocenters. The molecule has 1 saturated carbocycles. The van der Waals surface area contributed by atoms with Crippen molar-refractivity contribution in [2.24, 2.45) is 0 Å². The molecule has 3 rings (SSSR count). The summed E-state index contributed by atoms with van der Waals surface area (Å²) < 4.78 is 0. The number of hydrogen-bond acceptors (Lipinski definition) is 1. The minimum absolute atomic E-state index is 0. The van der Waals surface area contributed by atoms with E-state index in [4.69, 9.17) is 0 Å². The van der Waals surface area contributed by atoms with Gasteiger partial charge >= 0.3 is 0 Å². The molecular formula is C20H26ClN. The molecule has 0 atom stereocenters. The van der Waals surface area contributed by atoms with E-state index in [1.54, 1.807) is 0 Å². The molecule has 0 spiro atoms. The molecule has 0 heterocycles. The lowest BCUT2D eigenvalue weighted by molar-refractivity contribution is 0.231. The summed E-state index contributed by atoms with van der Waals surface area (Å²) in [5.74, 6) is 0. The zero-order chi connectivity index (χ0) is 14.5. The third kappa shape index (κ3) is 3.91. The fraction of sp³-hybridized carbons (Fsp3) is 0.400. The Morgan fingerprint density at radius 2 is 1.64 bits per heavy atom. The molecule has 2 aromatic carbocycles. The van der Waals surface area contributed by atoms with Gasteiger partial charge in [-0.2, -0.15) is 0 Å². The van der Waals surface area contributed by atoms with Crippen LogP contribution in [-0.4, -0.2) is 0 Å². The van der Waals surface area contributed by atoms with Gasteiger partial charge in [-0.1, -0.05) is 79.4 Å². The molecule has 0 aromatic heterocycles. The molecule has 2 heteroatoms. The quantitative estimate of drug-likeness (QED) is 0.800. The molecule has 1 nitrogen and oxygen atoms in total. The van der Waals surface area contributed by atoms with Crippen molar-refractivity contribution in [3.63, 3.8) is 0 Å². The van der Waals surface area contributed by atoms with Gasteiger partial charge in [0.2, 0.25) is 0 Å². The molecule has 1 aliphatic rings. The number of rotatable bonds is 4. The first-order valence-electron chi connectivity index (χ1n) is 8.15. The molecule has 1 N–H and O–H groups in total. The van der Waals surface area contributed by atoms with Crippen molar-refractivity contribution in [3.05, 3.63) is 71.3 Å². The van der Waals surface area contributed by atoms with Crippen molar-refractivity contribution >= 4 is 12.4 Å². The molecule has 0 aliphatic heterocycles. The maximum Gasteiger partial charge on any atom is 0.0437 e. The van der Waals surface area contributed by atoms with Crippen LogP contribution in [0.1, 0.15) is 48.8 Å². The Balaban J connectivity index is 0.00000176. The van der Waals surface area contributed by atoms with Crippen LogP contribution in [0.25, 0.3) is 0 Å². The standard InChI is InChI=1S/C20H25N.ClH/c1-17-9-8-12-19(15-17)20(13-6-3-7-14-20)21-16-18-10-4-2-5-11-18;/h2,4-5,8-12,15,21H,3,6-7,13-14,16H2,1H3;1H. The summed E-state index contributed by atoms with van der Waals surface area (Å²) in [6.07, 6.45) is 6.54. The second-order valence-electron chi connectivity index (χ2n) is 6.35. The van der Waals surface area contributed by atoms with Crippen LogP contribution in [0.5, 0.6) is 0 Å². The van der Waals surface area contributed by atoms with Crippen LogP contribution in [-0.2, 0) is 12.1 Å². The molecule has 2 aromatic rings. The first-order chi connectivity index (χ1) is 10.3. The summed E-state index contributed by atoms with van der Waals surface area (Å²) in [7, 11) is 0. The van der Waals surface area contributed by atoms with Crippen molar-refractivity contribution in [2.75, 3.05) is 0 Å². The van der Waals surface area contributed by atoms with Crippen LogP contribution in [0, 0.1) is 6.92 Å². The van der Waals surface area contributed by atoms with Gasteiger partial charge in [0.25, 0.3) is 0 Å². The lowest BCUT2D eigenvalue weighted by Gasteiger charge is -2.39.